The second kappa shape index (κ2) is 5.86. The van der Waals surface area contributed by atoms with Gasteiger partial charge in [0, 0.05) is 25.6 Å². The molecule has 1 fully saturated rings. The summed E-state index contributed by atoms with van der Waals surface area (Å²) in [5, 5.41) is 0. The third-order valence-corrected chi connectivity index (χ3v) is 3.57. The van der Waals surface area contributed by atoms with Gasteiger partial charge in [-0.3, -0.25) is 0 Å². The molecule has 0 aromatic heterocycles. The van der Waals surface area contributed by atoms with Crippen LogP contribution in [0.15, 0.2) is 0 Å². The Morgan fingerprint density at radius 3 is 2.47 bits per heavy atom. The molecule has 0 aromatic carbocycles. The molecule has 2 heteroatoms. The average Bonchev–Trinajstić information content (AvgIpc) is 2.13. The Bertz CT molecular complexity index is 173. The van der Waals surface area contributed by atoms with Gasteiger partial charge >= 0.3 is 0 Å². The standard InChI is InChI=1S/C13H27NO/c1-5-13(11-15-4)9-14(10-13)8-6-7-12(2)3/h12H,5-11H2,1-4H3. The van der Waals surface area contributed by atoms with Crippen LogP contribution < -0.4 is 0 Å². The number of likely N-dealkylation sites (tertiary alicyclic amines) is 1. The van der Waals surface area contributed by atoms with E-state index in [1.165, 1.54) is 38.9 Å². The Hall–Kier alpha value is -0.0800. The fourth-order valence-corrected chi connectivity index (χ4v) is 2.51. The van der Waals surface area contributed by atoms with E-state index < -0.39 is 0 Å². The molecule has 90 valence electrons. The van der Waals surface area contributed by atoms with Crippen molar-refractivity contribution in [1.82, 2.24) is 4.90 Å². The normalized spacial score (nSPS) is 20.6. The lowest BCUT2D eigenvalue weighted by Crippen LogP contribution is -2.58. The highest BCUT2D eigenvalue weighted by atomic mass is 16.5. The van der Waals surface area contributed by atoms with Crippen molar-refractivity contribution in [1.29, 1.82) is 0 Å². The molecule has 15 heavy (non-hydrogen) atoms. The first kappa shape index (κ1) is 13.0. The van der Waals surface area contributed by atoms with E-state index in [1.807, 2.05) is 7.11 Å². The van der Waals surface area contributed by atoms with Gasteiger partial charge in [-0.15, -0.1) is 0 Å². The van der Waals surface area contributed by atoms with Crippen LogP contribution in [-0.4, -0.2) is 38.3 Å². The predicted molar refractivity (Wildman–Crippen MR) is 65.1 cm³/mol. The molecule has 0 amide bonds. The SMILES string of the molecule is CCC1(COC)CN(CCCC(C)C)C1. The fraction of sp³-hybridized carbons (Fsp3) is 1.00. The first-order valence-corrected chi connectivity index (χ1v) is 6.33. The highest BCUT2D eigenvalue weighted by Gasteiger charge is 2.40. The lowest BCUT2D eigenvalue weighted by atomic mass is 9.78. The van der Waals surface area contributed by atoms with E-state index in [4.69, 9.17) is 4.74 Å². The van der Waals surface area contributed by atoms with Gasteiger partial charge in [-0.25, -0.2) is 0 Å². The van der Waals surface area contributed by atoms with Crippen LogP contribution in [0.1, 0.15) is 40.0 Å². The average molecular weight is 213 g/mol. The second-order valence-electron chi connectivity index (χ2n) is 5.53. The smallest absolute Gasteiger partial charge is 0.0543 e. The van der Waals surface area contributed by atoms with Crippen LogP contribution in [0.3, 0.4) is 0 Å². The molecule has 0 aromatic rings. The first-order valence-electron chi connectivity index (χ1n) is 6.33. The van der Waals surface area contributed by atoms with E-state index >= 15 is 0 Å². The van der Waals surface area contributed by atoms with Crippen LogP contribution in [0.2, 0.25) is 0 Å². The molecule has 0 N–H and O–H groups in total. The van der Waals surface area contributed by atoms with Crippen molar-refractivity contribution in [3.05, 3.63) is 0 Å². The van der Waals surface area contributed by atoms with E-state index in [0.717, 1.165) is 12.5 Å². The van der Waals surface area contributed by atoms with Gasteiger partial charge in [0.1, 0.15) is 0 Å². The van der Waals surface area contributed by atoms with E-state index in [2.05, 4.69) is 25.7 Å². The summed E-state index contributed by atoms with van der Waals surface area (Å²) >= 11 is 0. The number of nitrogens with zero attached hydrogens (tertiary/aromatic N) is 1. The molecule has 0 atom stereocenters. The molecule has 0 unspecified atom stereocenters. The number of hydrogen-bond acceptors (Lipinski definition) is 2. The minimum absolute atomic E-state index is 0.479. The molecule has 0 radical (unpaired) electrons. The van der Waals surface area contributed by atoms with E-state index in [9.17, 15) is 0 Å². The van der Waals surface area contributed by atoms with Crippen molar-refractivity contribution < 1.29 is 4.74 Å². The van der Waals surface area contributed by atoms with Gasteiger partial charge in [-0.2, -0.15) is 0 Å². The minimum Gasteiger partial charge on any atom is -0.384 e. The van der Waals surface area contributed by atoms with Crippen molar-refractivity contribution in [2.45, 2.75) is 40.0 Å². The number of methoxy groups -OCH3 is 1. The summed E-state index contributed by atoms with van der Waals surface area (Å²) in [5.41, 5.74) is 0.479. The van der Waals surface area contributed by atoms with Gasteiger partial charge in [0.05, 0.1) is 6.61 Å². The van der Waals surface area contributed by atoms with Gasteiger partial charge in [-0.05, 0) is 31.7 Å². The molecular formula is C13H27NO. The quantitative estimate of drug-likeness (QED) is 0.645. The van der Waals surface area contributed by atoms with Crippen LogP contribution >= 0.6 is 0 Å². The Balaban J connectivity index is 2.12. The molecule has 0 aliphatic carbocycles. The molecule has 1 rings (SSSR count). The molecule has 1 heterocycles. The number of rotatable bonds is 7. The molecule has 0 spiro atoms. The van der Waals surface area contributed by atoms with Crippen molar-refractivity contribution in [3.8, 4) is 0 Å². The summed E-state index contributed by atoms with van der Waals surface area (Å²) < 4.78 is 5.30. The zero-order valence-electron chi connectivity index (χ0n) is 10.9. The highest BCUT2D eigenvalue weighted by molar-refractivity contribution is 4.93. The largest absolute Gasteiger partial charge is 0.384 e. The molecule has 0 saturated carbocycles. The van der Waals surface area contributed by atoms with Gasteiger partial charge in [0.15, 0.2) is 0 Å². The topological polar surface area (TPSA) is 12.5 Å². The van der Waals surface area contributed by atoms with Crippen LogP contribution in [0.4, 0.5) is 0 Å². The van der Waals surface area contributed by atoms with Gasteiger partial charge in [0.25, 0.3) is 0 Å². The summed E-state index contributed by atoms with van der Waals surface area (Å²) in [6, 6.07) is 0. The van der Waals surface area contributed by atoms with Crippen LogP contribution in [0.5, 0.6) is 0 Å². The third-order valence-electron chi connectivity index (χ3n) is 3.57. The maximum Gasteiger partial charge on any atom is 0.0543 e. The molecule has 1 aliphatic rings. The fourth-order valence-electron chi connectivity index (χ4n) is 2.51. The minimum atomic E-state index is 0.479. The molecule has 1 saturated heterocycles. The predicted octanol–water partition coefficient (Wildman–Crippen LogP) is 2.78. The Labute approximate surface area is 95.0 Å². The van der Waals surface area contributed by atoms with Crippen LogP contribution in [0.25, 0.3) is 0 Å². The summed E-state index contributed by atoms with van der Waals surface area (Å²) in [6.07, 6.45) is 3.96. The van der Waals surface area contributed by atoms with Gasteiger partial charge in [-0.1, -0.05) is 20.8 Å². The molecular weight excluding hydrogens is 186 g/mol. The van der Waals surface area contributed by atoms with Gasteiger partial charge in [0.2, 0.25) is 0 Å². The Kier molecular flexibility index (Phi) is 5.07. The third kappa shape index (κ3) is 3.76. The van der Waals surface area contributed by atoms with Crippen molar-refractivity contribution in [3.63, 3.8) is 0 Å². The lowest BCUT2D eigenvalue weighted by Gasteiger charge is -2.49. The number of hydrogen-bond donors (Lipinski definition) is 0. The second-order valence-corrected chi connectivity index (χ2v) is 5.53. The van der Waals surface area contributed by atoms with Crippen molar-refractivity contribution >= 4 is 0 Å². The van der Waals surface area contributed by atoms with E-state index in [1.54, 1.807) is 0 Å². The highest BCUT2D eigenvalue weighted by Crippen LogP contribution is 2.34. The zero-order chi connectivity index (χ0) is 11.3. The van der Waals surface area contributed by atoms with Gasteiger partial charge < -0.3 is 9.64 Å². The summed E-state index contributed by atoms with van der Waals surface area (Å²) in [6.45, 7) is 11.6. The van der Waals surface area contributed by atoms with Crippen molar-refractivity contribution in [2.24, 2.45) is 11.3 Å². The first-order chi connectivity index (χ1) is 7.12. The summed E-state index contributed by atoms with van der Waals surface area (Å²) in [4.78, 5) is 2.57. The zero-order valence-corrected chi connectivity index (χ0v) is 10.9. The van der Waals surface area contributed by atoms with Crippen LogP contribution in [-0.2, 0) is 4.74 Å². The maximum atomic E-state index is 5.30. The van der Waals surface area contributed by atoms with E-state index in [0.29, 0.717) is 5.41 Å². The molecule has 1 aliphatic heterocycles. The molecule has 2 nitrogen and oxygen atoms in total. The summed E-state index contributed by atoms with van der Waals surface area (Å²) in [7, 11) is 1.82. The van der Waals surface area contributed by atoms with Crippen molar-refractivity contribution in [2.75, 3.05) is 33.4 Å². The molecule has 0 bridgehead atoms. The summed E-state index contributed by atoms with van der Waals surface area (Å²) in [5.74, 6) is 0.848. The monoisotopic (exact) mass is 213 g/mol. The lowest BCUT2D eigenvalue weighted by molar-refractivity contribution is -0.0568. The number of ether oxygens (including phenoxy) is 1. The Morgan fingerprint density at radius 2 is 2.00 bits per heavy atom. The van der Waals surface area contributed by atoms with Crippen LogP contribution in [0, 0.1) is 11.3 Å². The Morgan fingerprint density at radius 1 is 1.33 bits per heavy atom. The maximum absolute atomic E-state index is 5.30. The van der Waals surface area contributed by atoms with E-state index in [-0.39, 0.29) is 0 Å².